The molecule has 0 N–H and O–H groups in total. The van der Waals surface area contributed by atoms with E-state index in [1.165, 1.54) is 50.3 Å². The van der Waals surface area contributed by atoms with Crippen molar-refractivity contribution in [3.63, 3.8) is 0 Å². The van der Waals surface area contributed by atoms with E-state index in [2.05, 4.69) is 109 Å². The van der Waals surface area contributed by atoms with E-state index in [-0.39, 0.29) is 0 Å². The number of rotatable bonds is 20. The zero-order chi connectivity index (χ0) is 43.4. The average molecular weight is 853 g/mol. The molecule has 0 fully saturated rings. The average Bonchev–Trinajstić information content (AvgIpc) is 3.84. The number of fused-ring (bicyclic) bond motifs is 3. The second-order valence-electron chi connectivity index (χ2n) is 16.3. The lowest BCUT2D eigenvalue weighted by atomic mass is 9.97. The van der Waals surface area contributed by atoms with Crippen molar-refractivity contribution < 1.29 is 9.47 Å². The molecule has 1 aromatic heterocycles. The smallest absolute Gasteiger partial charge is 0.127 e. The molecule has 0 radical (unpaired) electrons. The monoisotopic (exact) mass is 852 g/mol. The topological polar surface area (TPSA) is 93.7 Å². The van der Waals surface area contributed by atoms with Crippen LogP contribution in [0.3, 0.4) is 0 Å². The fraction of sp³-hybridized carbons (Fsp3) is 0.296. The van der Waals surface area contributed by atoms with E-state index in [0.29, 0.717) is 11.8 Å². The third-order valence-corrected chi connectivity index (χ3v) is 12.6. The maximum atomic E-state index is 6.37. The molecule has 0 aliphatic rings. The van der Waals surface area contributed by atoms with Crippen LogP contribution < -0.4 is 9.47 Å². The first-order chi connectivity index (χ1) is 31.1. The Hall–Kier alpha value is -6.32. The maximum absolute atomic E-state index is 6.37. The van der Waals surface area contributed by atoms with Crippen LogP contribution in [0, 0.1) is 11.8 Å². The van der Waals surface area contributed by atoms with Gasteiger partial charge >= 0.3 is 0 Å². The minimum atomic E-state index is 0.561. The molecule has 2 unspecified atom stereocenters. The fourth-order valence-electron chi connectivity index (χ4n) is 8.12. The number of hydrogen-bond donors (Lipinski definition) is 0. The molecule has 0 aliphatic heterocycles. The van der Waals surface area contributed by atoms with Crippen LogP contribution in [0.25, 0.3) is 54.8 Å². The number of hydrogen-bond acceptors (Lipinski definition) is 9. The largest absolute Gasteiger partial charge is 0.493 e. The zero-order valence-corrected chi connectivity index (χ0v) is 37.7. The Morgan fingerprint density at radius 3 is 1.27 bits per heavy atom. The van der Waals surface area contributed by atoms with E-state index in [1.807, 2.05) is 72.8 Å². The molecule has 0 amide bonds. The Bertz CT molecular complexity index is 2630. The molecule has 63 heavy (non-hydrogen) atoms. The van der Waals surface area contributed by atoms with Crippen molar-refractivity contribution in [2.45, 2.75) is 79.1 Å². The van der Waals surface area contributed by atoms with Crippen molar-refractivity contribution >= 4 is 67.1 Å². The lowest BCUT2D eigenvalue weighted by Crippen LogP contribution is -2.11. The lowest BCUT2D eigenvalue weighted by Gasteiger charge is -2.17. The van der Waals surface area contributed by atoms with E-state index in [9.17, 15) is 0 Å². The van der Waals surface area contributed by atoms with Gasteiger partial charge in [-0.05, 0) is 84.3 Å². The van der Waals surface area contributed by atoms with Gasteiger partial charge in [0.1, 0.15) is 22.5 Å². The summed E-state index contributed by atoms with van der Waals surface area (Å²) in [4.78, 5) is 0. The maximum Gasteiger partial charge on any atom is 0.127 e. The molecule has 0 saturated carbocycles. The Kier molecular flexibility index (Phi) is 14.6. The second-order valence-corrected chi connectivity index (χ2v) is 16.9. The first-order valence-electron chi connectivity index (χ1n) is 22.6. The summed E-state index contributed by atoms with van der Waals surface area (Å²) in [5.74, 6) is 2.91. The Morgan fingerprint density at radius 2 is 0.873 bits per heavy atom. The van der Waals surface area contributed by atoms with E-state index in [0.717, 1.165) is 115 Å². The number of ether oxygens (including phenoxy) is 2. The highest BCUT2D eigenvalue weighted by Crippen LogP contribution is 2.39. The number of benzene rings is 7. The van der Waals surface area contributed by atoms with Crippen molar-refractivity contribution in [3.8, 4) is 33.8 Å². The number of aromatic nitrogens is 2. The zero-order valence-electron chi connectivity index (χ0n) is 36.8. The van der Waals surface area contributed by atoms with Gasteiger partial charge in [-0.1, -0.05) is 151 Å². The standard InChI is InChI=1S/C54H56N6O2S/c1-5-9-15-37(7-3)35-61-51-33-31-49(45-17-11-13-19-47(45)51)57-55-41-25-21-39(22-26-41)43-29-30-44(54-53(43)59-63-60-54)40-23-27-42(28-24-40)56-58-50-32-34-52(48-20-14-12-18-46(48)50)62-36-38(8-4)16-10-6-2/h11-14,17-34,37-38H,5-10,15-16,35-36H2,1-4H3. The summed E-state index contributed by atoms with van der Waals surface area (Å²) in [5, 5.41) is 22.8. The molecule has 0 bridgehead atoms. The number of nitrogens with zero attached hydrogens (tertiary/aromatic N) is 6. The van der Waals surface area contributed by atoms with E-state index >= 15 is 0 Å². The van der Waals surface area contributed by atoms with Gasteiger partial charge in [0.15, 0.2) is 0 Å². The van der Waals surface area contributed by atoms with Crippen LogP contribution in [0.1, 0.15) is 79.1 Å². The van der Waals surface area contributed by atoms with E-state index in [1.54, 1.807) is 0 Å². The van der Waals surface area contributed by atoms with Crippen molar-refractivity contribution in [3.05, 3.63) is 133 Å². The van der Waals surface area contributed by atoms with Crippen molar-refractivity contribution in [1.29, 1.82) is 0 Å². The minimum Gasteiger partial charge on any atom is -0.493 e. The fourth-order valence-corrected chi connectivity index (χ4v) is 8.69. The molecular formula is C54H56N6O2S. The molecule has 8 aromatic rings. The van der Waals surface area contributed by atoms with Crippen LogP contribution in [0.2, 0.25) is 0 Å². The molecule has 0 saturated heterocycles. The van der Waals surface area contributed by atoms with Gasteiger partial charge < -0.3 is 9.47 Å². The highest BCUT2D eigenvalue weighted by Gasteiger charge is 2.15. The third kappa shape index (κ3) is 10.3. The van der Waals surface area contributed by atoms with Crippen LogP contribution in [0.4, 0.5) is 22.7 Å². The van der Waals surface area contributed by atoms with Gasteiger partial charge in [-0.2, -0.15) is 19.0 Å². The van der Waals surface area contributed by atoms with E-state index < -0.39 is 0 Å². The quantitative estimate of drug-likeness (QED) is 0.0714. The SMILES string of the molecule is CCCCC(CC)COc1ccc(N=Nc2ccc(-c3ccc(-c4ccc(N=Nc5ccc(OCC(CC)CCCC)c6ccccc56)cc4)c4nsnc34)cc2)c2ccccc12. The van der Waals surface area contributed by atoms with Crippen LogP contribution in [-0.4, -0.2) is 22.0 Å². The number of unbranched alkanes of at least 4 members (excludes halogenated alkanes) is 2. The Balaban J connectivity index is 0.948. The number of azo groups is 2. The van der Waals surface area contributed by atoms with Crippen LogP contribution >= 0.6 is 11.7 Å². The van der Waals surface area contributed by atoms with Gasteiger partial charge in [0.25, 0.3) is 0 Å². The minimum absolute atomic E-state index is 0.561. The van der Waals surface area contributed by atoms with Gasteiger partial charge in [-0.3, -0.25) is 0 Å². The molecule has 0 spiro atoms. The summed E-state index contributed by atoms with van der Waals surface area (Å²) in [5.41, 5.74) is 8.99. The molecule has 0 aliphatic carbocycles. The van der Waals surface area contributed by atoms with E-state index in [4.69, 9.17) is 18.2 Å². The molecule has 2 atom stereocenters. The third-order valence-electron chi connectivity index (χ3n) is 12.1. The molecular weight excluding hydrogens is 797 g/mol. The molecule has 1 heterocycles. The molecule has 8 rings (SSSR count). The first kappa shape index (κ1) is 43.3. The highest BCUT2D eigenvalue weighted by molar-refractivity contribution is 7.00. The first-order valence-corrected chi connectivity index (χ1v) is 23.4. The van der Waals surface area contributed by atoms with Gasteiger partial charge in [0, 0.05) is 32.7 Å². The molecule has 8 nitrogen and oxygen atoms in total. The van der Waals surface area contributed by atoms with Gasteiger partial charge in [-0.25, -0.2) is 0 Å². The van der Waals surface area contributed by atoms with Gasteiger partial charge in [0.05, 0.1) is 47.7 Å². The van der Waals surface area contributed by atoms with Crippen molar-refractivity contribution in [2.75, 3.05) is 13.2 Å². The predicted octanol–water partition coefficient (Wildman–Crippen LogP) is 17.4. The van der Waals surface area contributed by atoms with Crippen molar-refractivity contribution in [1.82, 2.24) is 8.75 Å². The van der Waals surface area contributed by atoms with Crippen molar-refractivity contribution in [2.24, 2.45) is 32.3 Å². The summed E-state index contributed by atoms with van der Waals surface area (Å²) in [6.45, 7) is 10.4. The summed E-state index contributed by atoms with van der Waals surface area (Å²) in [7, 11) is 0. The Morgan fingerprint density at radius 1 is 0.460 bits per heavy atom. The molecule has 9 heteroatoms. The molecule has 320 valence electrons. The Labute approximate surface area is 375 Å². The lowest BCUT2D eigenvalue weighted by molar-refractivity contribution is 0.235. The summed E-state index contributed by atoms with van der Waals surface area (Å²) in [6.07, 6.45) is 9.52. The van der Waals surface area contributed by atoms with Gasteiger partial charge in [0.2, 0.25) is 0 Å². The normalized spacial score (nSPS) is 12.8. The van der Waals surface area contributed by atoms with Crippen LogP contribution in [-0.2, 0) is 0 Å². The predicted molar refractivity (Wildman–Crippen MR) is 262 cm³/mol. The summed E-state index contributed by atoms with van der Waals surface area (Å²) in [6, 6.07) is 45.1. The summed E-state index contributed by atoms with van der Waals surface area (Å²) >= 11 is 1.22. The molecule has 7 aromatic carbocycles. The summed E-state index contributed by atoms with van der Waals surface area (Å²) < 4.78 is 22.2. The van der Waals surface area contributed by atoms with Gasteiger partial charge in [-0.15, -0.1) is 10.2 Å². The second kappa shape index (κ2) is 21.2. The van der Waals surface area contributed by atoms with Crippen LogP contribution in [0.15, 0.2) is 154 Å². The highest BCUT2D eigenvalue weighted by atomic mass is 32.1. The van der Waals surface area contributed by atoms with Crippen LogP contribution in [0.5, 0.6) is 11.5 Å².